The molecule has 0 saturated carbocycles. The highest BCUT2D eigenvalue weighted by molar-refractivity contribution is 6.67. The Morgan fingerprint density at radius 1 is 1.65 bits per heavy atom. The zero-order valence-electron chi connectivity index (χ0n) is 9.64. The molecule has 1 aliphatic rings. The summed E-state index contributed by atoms with van der Waals surface area (Å²) in [7, 11) is 0. The molecule has 0 saturated heterocycles. The van der Waals surface area contributed by atoms with Crippen molar-refractivity contribution in [1.82, 2.24) is 0 Å². The van der Waals surface area contributed by atoms with E-state index in [0.29, 0.717) is 6.54 Å². The summed E-state index contributed by atoms with van der Waals surface area (Å²) in [5, 5.41) is 11.4. The van der Waals surface area contributed by atoms with Crippen LogP contribution in [0.1, 0.15) is 11.7 Å². The number of hydrogen-bond donors (Lipinski definition) is 3. The molecule has 2 rings (SSSR count). The van der Waals surface area contributed by atoms with Gasteiger partial charge in [-0.1, -0.05) is 12.9 Å². The molecule has 0 bridgehead atoms. The fourth-order valence-electron chi connectivity index (χ4n) is 2.08. The fraction of sp³-hybridized carbons (Fsp3) is 0.364. The first-order valence-corrected chi connectivity index (χ1v) is 5.57. The van der Waals surface area contributed by atoms with E-state index in [2.05, 4.69) is 5.32 Å². The van der Waals surface area contributed by atoms with Gasteiger partial charge in [-0.15, -0.1) is 0 Å². The molecule has 1 aromatic rings. The lowest BCUT2D eigenvalue weighted by Gasteiger charge is -2.09. The number of anilines is 1. The summed E-state index contributed by atoms with van der Waals surface area (Å²) >= 11 is 0. The van der Waals surface area contributed by atoms with Gasteiger partial charge in [0.15, 0.2) is 0 Å². The van der Waals surface area contributed by atoms with Gasteiger partial charge in [0.05, 0.1) is 6.10 Å². The lowest BCUT2D eigenvalue weighted by molar-refractivity contribution is -0.134. The molecule has 17 heavy (non-hydrogen) atoms. The molecular weight excluding hydrogens is 219 g/mol. The zero-order chi connectivity index (χ0) is 12.4. The van der Waals surface area contributed by atoms with Crippen molar-refractivity contribution in [2.45, 2.75) is 12.9 Å². The maximum absolute atomic E-state index is 10.5. The molecule has 4 N–H and O–H groups in total. The number of nitrogens with one attached hydrogen (secondary N) is 1. The van der Waals surface area contributed by atoms with Crippen LogP contribution < -0.4 is 16.5 Å². The Balaban J connectivity index is 2.19. The van der Waals surface area contributed by atoms with Crippen LogP contribution >= 0.6 is 0 Å². The SMILES string of the molecule is CB1O[C@@H](CN)c2ccc(NCC(=O)O)cc21. The summed E-state index contributed by atoms with van der Waals surface area (Å²) in [6, 6.07) is 5.73. The van der Waals surface area contributed by atoms with E-state index in [-0.39, 0.29) is 19.6 Å². The second kappa shape index (κ2) is 4.77. The van der Waals surface area contributed by atoms with Crippen molar-refractivity contribution in [1.29, 1.82) is 0 Å². The van der Waals surface area contributed by atoms with E-state index in [1.165, 1.54) is 0 Å². The lowest BCUT2D eigenvalue weighted by Crippen LogP contribution is -2.25. The average Bonchev–Trinajstić information content (AvgIpc) is 2.63. The van der Waals surface area contributed by atoms with Crippen molar-refractivity contribution in [3.8, 4) is 0 Å². The van der Waals surface area contributed by atoms with Crippen molar-refractivity contribution in [3.63, 3.8) is 0 Å². The van der Waals surface area contributed by atoms with Gasteiger partial charge in [-0.2, -0.15) is 0 Å². The van der Waals surface area contributed by atoms with Crippen LogP contribution in [0.4, 0.5) is 5.69 Å². The van der Waals surface area contributed by atoms with Crippen molar-refractivity contribution in [3.05, 3.63) is 23.8 Å². The highest BCUT2D eigenvalue weighted by Crippen LogP contribution is 2.24. The third kappa shape index (κ3) is 2.43. The van der Waals surface area contributed by atoms with Crippen molar-refractivity contribution in [2.75, 3.05) is 18.4 Å². The highest BCUT2D eigenvalue weighted by atomic mass is 16.5. The van der Waals surface area contributed by atoms with Crippen LogP contribution in [0.2, 0.25) is 6.82 Å². The number of hydrogen-bond acceptors (Lipinski definition) is 4. The van der Waals surface area contributed by atoms with Gasteiger partial charge in [-0.05, 0) is 23.2 Å². The van der Waals surface area contributed by atoms with Gasteiger partial charge in [0, 0.05) is 12.2 Å². The van der Waals surface area contributed by atoms with Crippen molar-refractivity contribution >= 4 is 24.0 Å². The molecule has 6 heteroatoms. The molecule has 0 unspecified atom stereocenters. The maximum atomic E-state index is 10.5. The van der Waals surface area contributed by atoms with Gasteiger partial charge in [-0.3, -0.25) is 4.79 Å². The molecule has 1 heterocycles. The smallest absolute Gasteiger partial charge is 0.324 e. The second-order valence-electron chi connectivity index (χ2n) is 4.09. The van der Waals surface area contributed by atoms with Crippen LogP contribution in [0.25, 0.3) is 0 Å². The number of rotatable bonds is 4. The third-order valence-corrected chi connectivity index (χ3v) is 2.90. The lowest BCUT2D eigenvalue weighted by atomic mass is 9.64. The van der Waals surface area contributed by atoms with E-state index < -0.39 is 5.97 Å². The Labute approximate surface area is 100 Å². The van der Waals surface area contributed by atoms with E-state index in [1.54, 1.807) is 0 Å². The van der Waals surface area contributed by atoms with E-state index in [1.807, 2.05) is 25.0 Å². The molecule has 1 aliphatic heterocycles. The molecule has 90 valence electrons. The van der Waals surface area contributed by atoms with Crippen molar-refractivity contribution in [2.24, 2.45) is 5.73 Å². The Bertz CT molecular complexity index is 439. The first-order valence-electron chi connectivity index (χ1n) is 5.57. The summed E-state index contributed by atoms with van der Waals surface area (Å²) in [6.45, 7) is 2.34. The van der Waals surface area contributed by atoms with Gasteiger partial charge < -0.3 is 20.8 Å². The molecule has 0 aliphatic carbocycles. The average molecular weight is 234 g/mol. The van der Waals surface area contributed by atoms with Crippen LogP contribution in [0.3, 0.4) is 0 Å². The molecule has 0 spiro atoms. The standard InChI is InChI=1S/C11H15BN2O3/c1-12-9-4-7(14-6-11(15)16)2-3-8(9)10(5-13)17-12/h2-4,10,14H,5-6,13H2,1H3,(H,15,16)/t10-/m0/s1. The second-order valence-corrected chi connectivity index (χ2v) is 4.09. The Morgan fingerprint density at radius 3 is 3.06 bits per heavy atom. The first kappa shape index (κ1) is 11.9. The molecule has 5 nitrogen and oxygen atoms in total. The van der Waals surface area contributed by atoms with Crippen molar-refractivity contribution < 1.29 is 14.6 Å². The Hall–Kier alpha value is -1.53. The molecule has 1 atom stereocenters. The fourth-order valence-corrected chi connectivity index (χ4v) is 2.08. The molecular formula is C11H15BN2O3. The predicted molar refractivity (Wildman–Crippen MR) is 66.7 cm³/mol. The van der Waals surface area contributed by atoms with Crippen LogP contribution in [-0.4, -0.2) is 31.1 Å². The van der Waals surface area contributed by atoms with Gasteiger partial charge in [0.2, 0.25) is 0 Å². The number of carbonyl (C=O) groups is 1. The number of benzene rings is 1. The molecule has 0 aromatic heterocycles. The summed E-state index contributed by atoms with van der Waals surface area (Å²) in [4.78, 5) is 10.5. The van der Waals surface area contributed by atoms with Crippen LogP contribution in [0.5, 0.6) is 0 Å². The first-order chi connectivity index (χ1) is 8.11. The summed E-state index contributed by atoms with van der Waals surface area (Å²) in [6.07, 6.45) is -0.0477. The van der Waals surface area contributed by atoms with Crippen LogP contribution in [0, 0.1) is 0 Å². The van der Waals surface area contributed by atoms with E-state index in [9.17, 15) is 4.79 Å². The maximum Gasteiger partial charge on any atom is 0.324 e. The normalized spacial score (nSPS) is 18.0. The van der Waals surface area contributed by atoms with Gasteiger partial charge in [0.1, 0.15) is 6.54 Å². The van der Waals surface area contributed by atoms with E-state index >= 15 is 0 Å². The highest BCUT2D eigenvalue weighted by Gasteiger charge is 2.30. The monoisotopic (exact) mass is 234 g/mol. The predicted octanol–water partition coefficient (Wildman–Crippen LogP) is 0.0414. The minimum Gasteiger partial charge on any atom is -0.480 e. The third-order valence-electron chi connectivity index (χ3n) is 2.90. The summed E-state index contributed by atoms with van der Waals surface area (Å²) in [5.74, 6) is -0.880. The largest absolute Gasteiger partial charge is 0.480 e. The number of carboxylic acids is 1. The molecule has 0 fully saturated rings. The van der Waals surface area contributed by atoms with E-state index in [0.717, 1.165) is 16.7 Å². The number of fused-ring (bicyclic) bond motifs is 1. The van der Waals surface area contributed by atoms with Gasteiger partial charge in [-0.25, -0.2) is 0 Å². The Kier molecular flexibility index (Phi) is 3.35. The zero-order valence-corrected chi connectivity index (χ0v) is 9.64. The number of nitrogens with two attached hydrogens (primary N) is 1. The van der Waals surface area contributed by atoms with Crippen LogP contribution in [0.15, 0.2) is 18.2 Å². The van der Waals surface area contributed by atoms with Crippen LogP contribution in [-0.2, 0) is 9.45 Å². The topological polar surface area (TPSA) is 84.6 Å². The van der Waals surface area contributed by atoms with E-state index in [4.69, 9.17) is 15.5 Å². The number of aliphatic carboxylic acids is 1. The summed E-state index contributed by atoms with van der Waals surface area (Å²) in [5.41, 5.74) is 8.60. The van der Waals surface area contributed by atoms with Gasteiger partial charge >= 0.3 is 12.9 Å². The Morgan fingerprint density at radius 2 is 2.41 bits per heavy atom. The quantitative estimate of drug-likeness (QED) is 0.640. The minimum absolute atomic E-state index is 0.00475. The molecule has 0 radical (unpaired) electrons. The number of carboxylic acid groups (broad SMARTS) is 1. The van der Waals surface area contributed by atoms with Gasteiger partial charge in [0.25, 0.3) is 0 Å². The molecule has 1 aromatic carbocycles. The minimum atomic E-state index is -0.880. The molecule has 0 amide bonds. The summed E-state index contributed by atoms with van der Waals surface area (Å²) < 4.78 is 5.69.